The number of carbonyl (C=O) groups excluding carboxylic acids is 1. The summed E-state index contributed by atoms with van der Waals surface area (Å²) in [4.78, 5) is 13.6. The molecule has 2 rings (SSSR count). The molecule has 17 heavy (non-hydrogen) atoms. The molecule has 1 aromatic carbocycles. The SMILES string of the molecule is CN(C)C(=O)c1ccc(N)cc1NC1(C)CC1. The van der Waals surface area contributed by atoms with Gasteiger partial charge < -0.3 is 16.0 Å². The number of benzene rings is 1. The molecule has 0 spiro atoms. The molecule has 1 amide bonds. The molecule has 0 bridgehead atoms. The van der Waals surface area contributed by atoms with Crippen LogP contribution in [0.25, 0.3) is 0 Å². The summed E-state index contributed by atoms with van der Waals surface area (Å²) in [6.07, 6.45) is 2.27. The highest BCUT2D eigenvalue weighted by molar-refractivity contribution is 6.00. The fourth-order valence-corrected chi connectivity index (χ4v) is 1.73. The predicted octanol–water partition coefficient (Wildman–Crippen LogP) is 1.93. The molecule has 1 saturated carbocycles. The summed E-state index contributed by atoms with van der Waals surface area (Å²) in [5.74, 6) is -0.00301. The molecule has 4 heteroatoms. The van der Waals surface area contributed by atoms with Gasteiger partial charge in [0.15, 0.2) is 0 Å². The molecule has 0 aromatic heterocycles. The van der Waals surface area contributed by atoms with Gasteiger partial charge in [-0.3, -0.25) is 4.79 Å². The Hall–Kier alpha value is -1.71. The van der Waals surface area contributed by atoms with Crippen molar-refractivity contribution in [1.82, 2.24) is 4.90 Å². The van der Waals surface area contributed by atoms with Crippen molar-refractivity contribution in [2.75, 3.05) is 25.1 Å². The average molecular weight is 233 g/mol. The maximum atomic E-state index is 12.0. The molecule has 0 saturated heterocycles. The summed E-state index contributed by atoms with van der Waals surface area (Å²) < 4.78 is 0. The van der Waals surface area contributed by atoms with Crippen molar-refractivity contribution < 1.29 is 4.79 Å². The number of hydrogen-bond donors (Lipinski definition) is 2. The Morgan fingerprint density at radius 3 is 2.59 bits per heavy atom. The third kappa shape index (κ3) is 2.52. The summed E-state index contributed by atoms with van der Waals surface area (Å²) in [6, 6.07) is 5.38. The predicted molar refractivity (Wildman–Crippen MR) is 70.1 cm³/mol. The molecule has 0 heterocycles. The van der Waals surface area contributed by atoms with Gasteiger partial charge in [0.25, 0.3) is 5.91 Å². The van der Waals surface area contributed by atoms with Gasteiger partial charge in [0.1, 0.15) is 0 Å². The van der Waals surface area contributed by atoms with Gasteiger partial charge in [-0.05, 0) is 38.0 Å². The van der Waals surface area contributed by atoms with E-state index in [1.165, 1.54) is 0 Å². The summed E-state index contributed by atoms with van der Waals surface area (Å²) in [6.45, 7) is 2.15. The number of carbonyl (C=O) groups is 1. The lowest BCUT2D eigenvalue weighted by molar-refractivity contribution is 0.0828. The number of nitrogen functional groups attached to an aromatic ring is 1. The van der Waals surface area contributed by atoms with Crippen LogP contribution in [0, 0.1) is 0 Å². The zero-order chi connectivity index (χ0) is 12.6. The average Bonchev–Trinajstić information content (AvgIpc) is 2.95. The molecule has 0 radical (unpaired) electrons. The first-order valence-corrected chi connectivity index (χ1v) is 5.81. The molecular formula is C13H19N3O. The number of amides is 1. The smallest absolute Gasteiger partial charge is 0.255 e. The largest absolute Gasteiger partial charge is 0.399 e. The highest BCUT2D eigenvalue weighted by atomic mass is 16.2. The van der Waals surface area contributed by atoms with Gasteiger partial charge in [-0.1, -0.05) is 0 Å². The molecule has 1 aliphatic carbocycles. The number of nitrogens with zero attached hydrogens (tertiary/aromatic N) is 1. The summed E-state index contributed by atoms with van der Waals surface area (Å²) >= 11 is 0. The Morgan fingerprint density at radius 1 is 1.41 bits per heavy atom. The first-order chi connectivity index (χ1) is 7.91. The lowest BCUT2D eigenvalue weighted by atomic mass is 10.1. The molecule has 1 fully saturated rings. The number of hydrogen-bond acceptors (Lipinski definition) is 3. The van der Waals surface area contributed by atoms with Crippen molar-refractivity contribution in [2.45, 2.75) is 25.3 Å². The van der Waals surface area contributed by atoms with E-state index in [4.69, 9.17) is 5.73 Å². The molecule has 0 unspecified atom stereocenters. The van der Waals surface area contributed by atoms with E-state index in [9.17, 15) is 4.79 Å². The number of nitrogens with two attached hydrogens (primary N) is 1. The van der Waals surface area contributed by atoms with Crippen molar-refractivity contribution in [2.24, 2.45) is 0 Å². The Kier molecular flexibility index (Phi) is 2.73. The van der Waals surface area contributed by atoms with Crippen LogP contribution in [0.15, 0.2) is 18.2 Å². The summed E-state index contributed by atoms with van der Waals surface area (Å²) in [5, 5.41) is 3.41. The van der Waals surface area contributed by atoms with E-state index >= 15 is 0 Å². The normalized spacial score (nSPS) is 16.4. The van der Waals surface area contributed by atoms with Crippen LogP contribution in [-0.4, -0.2) is 30.4 Å². The van der Waals surface area contributed by atoms with Gasteiger partial charge in [0.05, 0.1) is 5.56 Å². The van der Waals surface area contributed by atoms with Gasteiger partial charge >= 0.3 is 0 Å². The zero-order valence-corrected chi connectivity index (χ0v) is 10.6. The van der Waals surface area contributed by atoms with Gasteiger partial charge in [-0.2, -0.15) is 0 Å². The third-order valence-electron chi connectivity index (χ3n) is 3.12. The van der Waals surface area contributed by atoms with E-state index in [1.807, 2.05) is 6.07 Å². The molecule has 0 aliphatic heterocycles. The molecule has 4 nitrogen and oxygen atoms in total. The van der Waals surface area contributed by atoms with Gasteiger partial charge in [-0.25, -0.2) is 0 Å². The monoisotopic (exact) mass is 233 g/mol. The first kappa shape index (κ1) is 11.8. The Bertz CT molecular complexity index is 450. The molecule has 1 aromatic rings. The molecule has 92 valence electrons. The number of rotatable bonds is 3. The van der Waals surface area contributed by atoms with E-state index in [2.05, 4.69) is 12.2 Å². The van der Waals surface area contributed by atoms with Crippen LogP contribution in [0.1, 0.15) is 30.1 Å². The van der Waals surface area contributed by atoms with Crippen LogP contribution in [-0.2, 0) is 0 Å². The maximum Gasteiger partial charge on any atom is 0.255 e. The minimum Gasteiger partial charge on any atom is -0.399 e. The topological polar surface area (TPSA) is 58.4 Å². The zero-order valence-electron chi connectivity index (χ0n) is 10.6. The van der Waals surface area contributed by atoms with Crippen molar-refractivity contribution in [3.8, 4) is 0 Å². The maximum absolute atomic E-state index is 12.0. The number of nitrogens with one attached hydrogen (secondary N) is 1. The van der Waals surface area contributed by atoms with Crippen molar-refractivity contribution in [3.05, 3.63) is 23.8 Å². The van der Waals surface area contributed by atoms with Crippen LogP contribution in [0.5, 0.6) is 0 Å². The minimum atomic E-state index is -0.00301. The van der Waals surface area contributed by atoms with Crippen LogP contribution in [0.2, 0.25) is 0 Å². The van der Waals surface area contributed by atoms with Crippen LogP contribution in [0.4, 0.5) is 11.4 Å². The Morgan fingerprint density at radius 2 is 2.06 bits per heavy atom. The van der Waals surface area contributed by atoms with Gasteiger partial charge in [0, 0.05) is 31.0 Å². The second-order valence-electron chi connectivity index (χ2n) is 5.19. The molecule has 3 N–H and O–H groups in total. The fraction of sp³-hybridized carbons (Fsp3) is 0.462. The van der Waals surface area contributed by atoms with E-state index < -0.39 is 0 Å². The highest BCUT2D eigenvalue weighted by Crippen LogP contribution is 2.39. The minimum absolute atomic E-state index is 0.00301. The van der Waals surface area contributed by atoms with Crippen LogP contribution >= 0.6 is 0 Å². The van der Waals surface area contributed by atoms with Crippen LogP contribution in [0.3, 0.4) is 0 Å². The Balaban J connectivity index is 2.33. The van der Waals surface area contributed by atoms with E-state index in [-0.39, 0.29) is 11.4 Å². The second-order valence-corrected chi connectivity index (χ2v) is 5.19. The van der Waals surface area contributed by atoms with Crippen molar-refractivity contribution in [3.63, 3.8) is 0 Å². The highest BCUT2D eigenvalue weighted by Gasteiger charge is 2.37. The van der Waals surface area contributed by atoms with Crippen LogP contribution < -0.4 is 11.1 Å². The fourth-order valence-electron chi connectivity index (χ4n) is 1.73. The van der Waals surface area contributed by atoms with Crippen molar-refractivity contribution in [1.29, 1.82) is 0 Å². The van der Waals surface area contributed by atoms with E-state index in [1.54, 1.807) is 31.1 Å². The summed E-state index contributed by atoms with van der Waals surface area (Å²) in [7, 11) is 3.50. The van der Waals surface area contributed by atoms with E-state index in [0.29, 0.717) is 11.3 Å². The lowest BCUT2D eigenvalue weighted by Crippen LogP contribution is -2.25. The quantitative estimate of drug-likeness (QED) is 0.784. The third-order valence-corrected chi connectivity index (χ3v) is 3.12. The van der Waals surface area contributed by atoms with Gasteiger partial charge in [-0.15, -0.1) is 0 Å². The van der Waals surface area contributed by atoms with Crippen molar-refractivity contribution >= 4 is 17.3 Å². The standard InChI is InChI=1S/C13H19N3O/c1-13(6-7-13)15-11-8-9(14)4-5-10(11)12(17)16(2)3/h4-5,8,15H,6-7,14H2,1-3H3. The second kappa shape index (κ2) is 3.95. The molecule has 1 aliphatic rings. The summed E-state index contributed by atoms with van der Waals surface area (Å²) in [5.41, 5.74) is 8.10. The Labute approximate surface area is 102 Å². The van der Waals surface area contributed by atoms with E-state index in [0.717, 1.165) is 18.5 Å². The molecular weight excluding hydrogens is 214 g/mol. The van der Waals surface area contributed by atoms with Gasteiger partial charge in [0.2, 0.25) is 0 Å². The lowest BCUT2D eigenvalue weighted by Gasteiger charge is -2.19. The first-order valence-electron chi connectivity index (χ1n) is 5.81. The molecule has 0 atom stereocenters. The number of anilines is 2.